The summed E-state index contributed by atoms with van der Waals surface area (Å²) < 4.78 is 5.13. The minimum Gasteiger partial charge on any atom is -0.454 e. The molecular weight excluding hydrogens is 360 g/mol. The van der Waals surface area contributed by atoms with Crippen LogP contribution in [0.5, 0.6) is 0 Å². The number of hydrogen-bond donors (Lipinski definition) is 1. The van der Waals surface area contributed by atoms with Crippen LogP contribution in [0.15, 0.2) is 70.8 Å². The molecule has 126 valence electrons. The van der Waals surface area contributed by atoms with Crippen LogP contribution in [0.2, 0.25) is 5.02 Å². The molecule has 25 heavy (non-hydrogen) atoms. The molecule has 0 fully saturated rings. The largest absolute Gasteiger partial charge is 0.454 e. The van der Waals surface area contributed by atoms with Crippen LogP contribution in [-0.2, 0) is 4.74 Å². The second kappa shape index (κ2) is 8.00. The van der Waals surface area contributed by atoms with Crippen LogP contribution < -0.4 is 0 Å². The number of halogens is 1. The van der Waals surface area contributed by atoms with Gasteiger partial charge in [0.15, 0.2) is 6.61 Å². The first kappa shape index (κ1) is 17.3. The molecule has 1 N–H and O–H groups in total. The number of H-pyrrole nitrogens is 1. The highest BCUT2D eigenvalue weighted by Gasteiger charge is 2.17. The van der Waals surface area contributed by atoms with Gasteiger partial charge >= 0.3 is 5.97 Å². The van der Waals surface area contributed by atoms with Crippen molar-refractivity contribution in [3.63, 3.8) is 0 Å². The van der Waals surface area contributed by atoms with Crippen LogP contribution in [0.1, 0.15) is 20.8 Å². The third kappa shape index (κ3) is 4.29. The lowest BCUT2D eigenvalue weighted by Gasteiger charge is -2.08. The summed E-state index contributed by atoms with van der Waals surface area (Å²) in [6.45, 7) is -0.343. The maximum Gasteiger partial charge on any atom is 0.341 e. The van der Waals surface area contributed by atoms with Gasteiger partial charge in [0.25, 0.3) is 0 Å². The van der Waals surface area contributed by atoms with Gasteiger partial charge in [-0.3, -0.25) is 4.79 Å². The average Bonchev–Trinajstić information content (AvgIpc) is 3.16. The number of benzene rings is 1. The monoisotopic (exact) mass is 372 g/mol. The molecule has 0 amide bonds. The molecule has 0 aliphatic rings. The number of pyridine rings is 1. The van der Waals surface area contributed by atoms with Crippen molar-refractivity contribution in [2.75, 3.05) is 6.61 Å². The van der Waals surface area contributed by atoms with Crippen LogP contribution in [-0.4, -0.2) is 28.3 Å². The van der Waals surface area contributed by atoms with Crippen molar-refractivity contribution in [1.82, 2.24) is 9.97 Å². The topological polar surface area (TPSA) is 72.1 Å². The van der Waals surface area contributed by atoms with E-state index in [1.807, 2.05) is 18.2 Å². The first-order valence-electron chi connectivity index (χ1n) is 7.36. The maximum absolute atomic E-state index is 12.3. The molecule has 0 saturated carbocycles. The Morgan fingerprint density at radius 1 is 1.12 bits per heavy atom. The Labute approximate surface area is 153 Å². The molecule has 0 atom stereocenters. The number of aromatic nitrogens is 2. The van der Waals surface area contributed by atoms with Gasteiger partial charge in [-0.25, -0.2) is 9.78 Å². The number of nitrogens with one attached hydrogen (secondary N) is 1. The number of ketones is 1. The van der Waals surface area contributed by atoms with Gasteiger partial charge in [0.1, 0.15) is 5.03 Å². The fourth-order valence-corrected chi connectivity index (χ4v) is 3.20. The molecule has 0 unspecified atom stereocenters. The molecule has 2 heterocycles. The van der Waals surface area contributed by atoms with Crippen LogP contribution in [0, 0.1) is 0 Å². The smallest absolute Gasteiger partial charge is 0.341 e. The number of hydrogen-bond acceptors (Lipinski definition) is 5. The molecule has 0 saturated heterocycles. The summed E-state index contributed by atoms with van der Waals surface area (Å²) in [5.41, 5.74) is 0.677. The molecular formula is C18H13ClN2O3S. The first-order chi connectivity index (χ1) is 12.1. The van der Waals surface area contributed by atoms with E-state index in [2.05, 4.69) is 9.97 Å². The van der Waals surface area contributed by atoms with E-state index in [9.17, 15) is 9.59 Å². The summed E-state index contributed by atoms with van der Waals surface area (Å²) >= 11 is 7.42. The molecule has 0 radical (unpaired) electrons. The highest BCUT2D eigenvalue weighted by Crippen LogP contribution is 2.33. The van der Waals surface area contributed by atoms with Gasteiger partial charge < -0.3 is 9.72 Å². The summed E-state index contributed by atoms with van der Waals surface area (Å²) in [6, 6.07) is 13.9. The molecule has 3 rings (SSSR count). The first-order valence-corrected chi connectivity index (χ1v) is 8.55. The van der Waals surface area contributed by atoms with Gasteiger partial charge in [-0.05, 0) is 36.4 Å². The van der Waals surface area contributed by atoms with Crippen molar-refractivity contribution in [1.29, 1.82) is 0 Å². The van der Waals surface area contributed by atoms with Gasteiger partial charge in [0, 0.05) is 17.3 Å². The minimum absolute atomic E-state index is 0.284. The van der Waals surface area contributed by atoms with Crippen molar-refractivity contribution in [2.24, 2.45) is 0 Å². The number of carbonyl (C=O) groups is 2. The lowest BCUT2D eigenvalue weighted by Crippen LogP contribution is -2.15. The fourth-order valence-electron chi connectivity index (χ4n) is 2.05. The zero-order valence-corrected chi connectivity index (χ0v) is 14.5. The Morgan fingerprint density at radius 2 is 1.96 bits per heavy atom. The van der Waals surface area contributed by atoms with Crippen molar-refractivity contribution in [3.05, 3.63) is 77.2 Å². The van der Waals surface area contributed by atoms with Crippen molar-refractivity contribution in [3.8, 4) is 0 Å². The van der Waals surface area contributed by atoms with E-state index in [1.54, 1.807) is 42.7 Å². The van der Waals surface area contributed by atoms with Crippen molar-refractivity contribution >= 4 is 35.1 Å². The summed E-state index contributed by atoms with van der Waals surface area (Å²) in [7, 11) is 0. The second-order valence-corrected chi connectivity index (χ2v) is 6.41. The van der Waals surface area contributed by atoms with E-state index in [4.69, 9.17) is 16.3 Å². The Hall–Kier alpha value is -2.57. The highest BCUT2D eigenvalue weighted by molar-refractivity contribution is 7.99. The van der Waals surface area contributed by atoms with Crippen LogP contribution in [0.3, 0.4) is 0 Å². The van der Waals surface area contributed by atoms with Gasteiger partial charge in [0.05, 0.1) is 16.3 Å². The average molecular weight is 373 g/mol. The number of ether oxygens (including phenoxy) is 1. The minimum atomic E-state index is -0.609. The SMILES string of the molecule is O=C(COC(=O)c1cccnc1Sc1ccccc1Cl)c1ccc[nH]1. The summed E-state index contributed by atoms with van der Waals surface area (Å²) in [5, 5.41) is 1.03. The molecule has 3 aromatic rings. The number of carbonyl (C=O) groups excluding carboxylic acids is 2. The Bertz CT molecular complexity index is 897. The quantitative estimate of drug-likeness (QED) is 0.517. The fraction of sp³-hybridized carbons (Fsp3) is 0.0556. The zero-order chi connectivity index (χ0) is 17.6. The van der Waals surface area contributed by atoms with E-state index in [1.165, 1.54) is 11.8 Å². The molecule has 0 spiro atoms. The molecule has 7 heteroatoms. The zero-order valence-electron chi connectivity index (χ0n) is 12.9. The predicted octanol–water partition coefficient (Wildman–Crippen LogP) is 4.25. The Kier molecular flexibility index (Phi) is 5.53. The molecule has 0 aliphatic heterocycles. The Balaban J connectivity index is 1.73. The third-order valence-corrected chi connectivity index (χ3v) is 4.80. The maximum atomic E-state index is 12.3. The number of rotatable bonds is 6. The lowest BCUT2D eigenvalue weighted by atomic mass is 10.3. The van der Waals surface area contributed by atoms with Gasteiger partial charge in [-0.1, -0.05) is 35.5 Å². The second-order valence-electron chi connectivity index (χ2n) is 4.97. The lowest BCUT2D eigenvalue weighted by molar-refractivity contribution is 0.0469. The molecule has 2 aromatic heterocycles. The van der Waals surface area contributed by atoms with E-state index >= 15 is 0 Å². The van der Waals surface area contributed by atoms with E-state index in [0.717, 1.165) is 4.90 Å². The van der Waals surface area contributed by atoms with E-state index < -0.39 is 5.97 Å². The molecule has 0 bridgehead atoms. The summed E-state index contributed by atoms with van der Waals surface area (Å²) in [5.74, 6) is -0.912. The van der Waals surface area contributed by atoms with Crippen LogP contribution in [0.4, 0.5) is 0 Å². The number of aromatic amines is 1. The Morgan fingerprint density at radius 3 is 2.72 bits per heavy atom. The van der Waals surface area contributed by atoms with Crippen LogP contribution in [0.25, 0.3) is 0 Å². The van der Waals surface area contributed by atoms with Gasteiger partial charge in [-0.15, -0.1) is 0 Å². The van der Waals surface area contributed by atoms with E-state index in [-0.39, 0.29) is 18.0 Å². The summed E-state index contributed by atoms with van der Waals surface area (Å²) in [4.78, 5) is 32.0. The normalized spacial score (nSPS) is 10.4. The predicted molar refractivity (Wildman–Crippen MR) is 95.2 cm³/mol. The molecule has 1 aromatic carbocycles. The number of esters is 1. The number of Topliss-reactive ketones (excluding diaryl/α,β-unsaturated/α-hetero) is 1. The van der Waals surface area contributed by atoms with Gasteiger partial charge in [0.2, 0.25) is 5.78 Å². The molecule has 5 nitrogen and oxygen atoms in total. The van der Waals surface area contributed by atoms with Gasteiger partial charge in [-0.2, -0.15) is 0 Å². The summed E-state index contributed by atoms with van der Waals surface area (Å²) in [6.07, 6.45) is 3.22. The van der Waals surface area contributed by atoms with Crippen LogP contribution >= 0.6 is 23.4 Å². The standard InChI is InChI=1S/C18H13ClN2O3S/c19-13-6-1-2-8-16(13)25-17-12(5-3-10-21-17)18(23)24-11-15(22)14-7-4-9-20-14/h1-10,20H,11H2. The van der Waals surface area contributed by atoms with Crippen molar-refractivity contribution < 1.29 is 14.3 Å². The number of nitrogens with zero attached hydrogens (tertiary/aromatic N) is 1. The molecule has 0 aliphatic carbocycles. The highest BCUT2D eigenvalue weighted by atomic mass is 35.5. The third-order valence-electron chi connectivity index (χ3n) is 3.27. The van der Waals surface area contributed by atoms with Crippen molar-refractivity contribution in [2.45, 2.75) is 9.92 Å². The van der Waals surface area contributed by atoms with E-state index in [0.29, 0.717) is 15.7 Å².